The number of aryl methyl sites for hydroxylation is 2. The van der Waals surface area contributed by atoms with E-state index in [1.165, 1.54) is 11.0 Å². The number of amides is 4. The average Bonchev–Trinajstić information content (AvgIpc) is 3.70. The Bertz CT molecular complexity index is 1710. The van der Waals surface area contributed by atoms with Gasteiger partial charge in [0.15, 0.2) is 11.6 Å². The number of carbonyl (C=O) groups is 4. The van der Waals surface area contributed by atoms with E-state index in [0.29, 0.717) is 18.4 Å². The van der Waals surface area contributed by atoms with Gasteiger partial charge in [0.1, 0.15) is 18.7 Å². The zero-order valence-corrected chi connectivity index (χ0v) is 31.3. The first kappa shape index (κ1) is 40.4. The minimum absolute atomic E-state index is 0.00990. The fourth-order valence-electron chi connectivity index (χ4n) is 6.16. The summed E-state index contributed by atoms with van der Waals surface area (Å²) in [5.41, 5.74) is 15.4. The van der Waals surface area contributed by atoms with Crippen molar-refractivity contribution in [2.45, 2.75) is 103 Å². The van der Waals surface area contributed by atoms with Gasteiger partial charge in [-0.15, -0.1) is 11.3 Å². The Balaban J connectivity index is 1.34. The van der Waals surface area contributed by atoms with Crippen molar-refractivity contribution in [3.05, 3.63) is 70.6 Å². The van der Waals surface area contributed by atoms with E-state index in [2.05, 4.69) is 15.6 Å². The second kappa shape index (κ2) is 17.9. The van der Waals surface area contributed by atoms with Gasteiger partial charge in [-0.05, 0) is 61.3 Å². The van der Waals surface area contributed by atoms with Gasteiger partial charge in [0.25, 0.3) is 0 Å². The fraction of sp³-hybridized carbons (Fsp3) is 0.500. The predicted molar refractivity (Wildman–Crippen MR) is 198 cm³/mol. The quantitative estimate of drug-likeness (QED) is 0.146. The molecule has 282 valence electrons. The lowest BCUT2D eigenvalue weighted by Crippen LogP contribution is -2.57. The van der Waals surface area contributed by atoms with E-state index in [0.717, 1.165) is 21.7 Å². The van der Waals surface area contributed by atoms with Gasteiger partial charge in [-0.2, -0.15) is 0 Å². The summed E-state index contributed by atoms with van der Waals surface area (Å²) in [5.74, 6) is -2.25. The molecule has 2 heterocycles. The van der Waals surface area contributed by atoms with Crippen molar-refractivity contribution < 1.29 is 33.4 Å². The molecule has 1 saturated heterocycles. The molecule has 0 spiro atoms. The number of thiazole rings is 1. The monoisotopic (exact) mass is 738 g/mol. The van der Waals surface area contributed by atoms with Crippen molar-refractivity contribution in [2.24, 2.45) is 16.9 Å². The zero-order chi connectivity index (χ0) is 38.2. The topological polar surface area (TPSA) is 190 Å². The summed E-state index contributed by atoms with van der Waals surface area (Å²) < 4.78 is 20.7. The maximum absolute atomic E-state index is 15.2. The van der Waals surface area contributed by atoms with Gasteiger partial charge in [0, 0.05) is 31.8 Å². The van der Waals surface area contributed by atoms with Gasteiger partial charge in [0.05, 0.1) is 28.2 Å². The normalized spacial score (nSPS) is 17.7. The lowest BCUT2D eigenvalue weighted by molar-refractivity contribution is -0.144. The van der Waals surface area contributed by atoms with Gasteiger partial charge in [-0.25, -0.2) is 9.37 Å². The summed E-state index contributed by atoms with van der Waals surface area (Å²) >= 11 is 1.56. The number of hydrogen-bond acceptors (Lipinski definition) is 9. The molecule has 1 aliphatic heterocycles. The Kier molecular flexibility index (Phi) is 13.9. The average molecular weight is 739 g/mol. The van der Waals surface area contributed by atoms with Crippen molar-refractivity contribution >= 4 is 35.0 Å². The van der Waals surface area contributed by atoms with Crippen LogP contribution in [-0.2, 0) is 25.6 Å². The van der Waals surface area contributed by atoms with Crippen LogP contribution in [0.1, 0.15) is 82.7 Å². The molecule has 2 aromatic carbocycles. The van der Waals surface area contributed by atoms with Crippen LogP contribution < -0.4 is 26.8 Å². The number of halogens is 1. The van der Waals surface area contributed by atoms with E-state index in [1.807, 2.05) is 58.9 Å². The number of carbonyl (C=O) groups excluding carboxylic acids is 4. The number of aliphatic hydroxyl groups excluding tert-OH is 1. The Morgan fingerprint density at radius 2 is 1.83 bits per heavy atom. The Hall–Kier alpha value is -4.40. The van der Waals surface area contributed by atoms with Crippen LogP contribution in [-0.4, -0.2) is 76.0 Å². The number of hydrogen-bond donors (Lipinski definition) is 5. The first-order valence-electron chi connectivity index (χ1n) is 17.6. The van der Waals surface area contributed by atoms with Crippen LogP contribution in [0.25, 0.3) is 10.4 Å². The van der Waals surface area contributed by atoms with Crippen LogP contribution in [0.2, 0.25) is 0 Å². The Labute approximate surface area is 308 Å². The van der Waals surface area contributed by atoms with Crippen molar-refractivity contribution in [1.82, 2.24) is 20.5 Å². The highest BCUT2D eigenvalue weighted by molar-refractivity contribution is 7.13. The highest BCUT2D eigenvalue weighted by atomic mass is 32.1. The van der Waals surface area contributed by atoms with Crippen LogP contribution in [0, 0.1) is 18.2 Å². The van der Waals surface area contributed by atoms with E-state index in [-0.39, 0.29) is 56.5 Å². The number of nitrogens with zero attached hydrogens (tertiary/aromatic N) is 2. The van der Waals surface area contributed by atoms with Gasteiger partial charge in [-0.1, -0.05) is 57.2 Å². The summed E-state index contributed by atoms with van der Waals surface area (Å²) in [6, 6.07) is 9.87. The van der Waals surface area contributed by atoms with Gasteiger partial charge in [-0.3, -0.25) is 19.2 Å². The number of nitrogens with one attached hydrogen (secondary N) is 2. The number of benzene rings is 2. The van der Waals surface area contributed by atoms with Crippen LogP contribution in [0.5, 0.6) is 5.75 Å². The van der Waals surface area contributed by atoms with Crippen LogP contribution in [0.4, 0.5) is 4.39 Å². The minimum atomic E-state index is -0.979. The second-order valence-electron chi connectivity index (χ2n) is 14.5. The number of β-amino-alcohol motifs (C(OH)–C–C–N with tert-alkyl or cyclic N) is 1. The van der Waals surface area contributed by atoms with Gasteiger partial charge < -0.3 is 36.8 Å². The van der Waals surface area contributed by atoms with Crippen LogP contribution >= 0.6 is 11.3 Å². The maximum Gasteiger partial charge on any atom is 0.246 e. The smallest absolute Gasteiger partial charge is 0.246 e. The third-order valence-corrected chi connectivity index (χ3v) is 10.1. The molecule has 4 rings (SSSR count). The van der Waals surface area contributed by atoms with Crippen molar-refractivity contribution in [3.63, 3.8) is 0 Å². The predicted octanol–water partition coefficient (Wildman–Crippen LogP) is 3.92. The van der Waals surface area contributed by atoms with Gasteiger partial charge in [0.2, 0.25) is 23.6 Å². The highest BCUT2D eigenvalue weighted by Crippen LogP contribution is 2.30. The summed E-state index contributed by atoms with van der Waals surface area (Å²) in [6.45, 7) is 9.24. The molecular weight excluding hydrogens is 688 g/mol. The number of primary amides is 1. The molecule has 3 aromatic rings. The molecule has 0 radical (unpaired) electrons. The molecule has 1 fully saturated rings. The number of aromatic nitrogens is 1. The molecule has 5 atom stereocenters. The largest absolute Gasteiger partial charge is 0.489 e. The summed E-state index contributed by atoms with van der Waals surface area (Å²) in [4.78, 5) is 58.5. The molecule has 12 nitrogen and oxygen atoms in total. The Morgan fingerprint density at radius 3 is 2.46 bits per heavy atom. The summed E-state index contributed by atoms with van der Waals surface area (Å²) in [5, 5.41) is 16.4. The highest BCUT2D eigenvalue weighted by Gasteiger charge is 2.44. The minimum Gasteiger partial charge on any atom is -0.489 e. The first-order chi connectivity index (χ1) is 24.5. The lowest BCUT2D eigenvalue weighted by atomic mass is 9.85. The first-order valence-corrected chi connectivity index (χ1v) is 18.5. The maximum atomic E-state index is 15.2. The van der Waals surface area contributed by atoms with E-state index >= 15 is 4.39 Å². The van der Waals surface area contributed by atoms with E-state index in [4.69, 9.17) is 16.2 Å². The number of aliphatic hydroxyl groups is 1. The molecule has 7 N–H and O–H groups in total. The number of nitrogens with two attached hydrogens (primary N) is 2. The third-order valence-electron chi connectivity index (χ3n) is 9.17. The van der Waals surface area contributed by atoms with E-state index in [9.17, 15) is 24.3 Å². The molecule has 0 saturated carbocycles. The molecular formula is C38H51FN6O6S. The molecule has 4 amide bonds. The summed E-state index contributed by atoms with van der Waals surface area (Å²) in [7, 11) is 0. The molecule has 1 aliphatic rings. The van der Waals surface area contributed by atoms with Gasteiger partial charge >= 0.3 is 0 Å². The summed E-state index contributed by atoms with van der Waals surface area (Å²) in [6.07, 6.45) is 0.167. The van der Waals surface area contributed by atoms with Crippen molar-refractivity contribution in [2.75, 3.05) is 13.2 Å². The zero-order valence-electron chi connectivity index (χ0n) is 30.5. The van der Waals surface area contributed by atoms with Crippen LogP contribution in [0.15, 0.2) is 48.0 Å². The molecule has 14 heteroatoms. The molecule has 0 bridgehead atoms. The fourth-order valence-corrected chi connectivity index (χ4v) is 6.97. The number of likely N-dealkylation sites (tertiary alicyclic amines) is 1. The molecule has 1 aromatic heterocycles. The van der Waals surface area contributed by atoms with E-state index < -0.39 is 53.2 Å². The second-order valence-corrected chi connectivity index (χ2v) is 15.4. The van der Waals surface area contributed by atoms with Crippen molar-refractivity contribution in [1.29, 1.82) is 0 Å². The lowest BCUT2D eigenvalue weighted by Gasteiger charge is -2.35. The number of rotatable bonds is 16. The standard InChI is InChI=1S/C38H51FN6O6S/c1-22(24-12-14-26(15-13-24)34-23(2)42-21-52-34)43-36(49)29-18-28(46)19-45(29)37(50)35(38(3,4)5)44-32(48)11-7-9-25-8-6-10-30(33(25)39)51-20-27(40)16-17-31(41)47/h6,8,10,12-15,21-22,27-29,35,46H,7,9,11,16-20,40H2,1-5H3,(H2,41,47)(H,43,49)(H,44,48)/t22-,27-,28+,29-,35+/m0/s1. The molecule has 0 aliphatic carbocycles. The third kappa shape index (κ3) is 10.8. The van der Waals surface area contributed by atoms with Crippen molar-refractivity contribution in [3.8, 4) is 16.2 Å². The molecule has 52 heavy (non-hydrogen) atoms. The van der Waals surface area contributed by atoms with Crippen LogP contribution in [0.3, 0.4) is 0 Å². The molecule has 0 unspecified atom stereocenters. The SMILES string of the molecule is Cc1ncsc1-c1ccc([C@H](C)NC(=O)[C@@H]2C[C@@H](O)CN2C(=O)[C@@H](NC(=O)CCCc2cccc(OC[C@@H](N)CCC(N)=O)c2F)C(C)(C)C)cc1. The Morgan fingerprint density at radius 1 is 1.12 bits per heavy atom. The van der Waals surface area contributed by atoms with E-state index in [1.54, 1.807) is 29.0 Å². The number of ether oxygens (including phenoxy) is 1.